The Morgan fingerprint density at radius 1 is 1.35 bits per heavy atom. The lowest BCUT2D eigenvalue weighted by molar-refractivity contribution is -0.138. The minimum Gasteiger partial charge on any atom is -0.480 e. The molecule has 0 aromatic heterocycles. The number of carbonyl (C=O) groups is 2. The Bertz CT molecular complexity index is 637. The fraction of sp³-hybridized carbons (Fsp3) is 0.333. The van der Waals surface area contributed by atoms with Crippen LogP contribution in [0, 0.1) is 6.92 Å². The SMILES string of the molecule is COC(=O)c1cc(C)ccc1S(=O)(=O)N[C@H](C)C(=O)O. The van der Waals surface area contributed by atoms with E-state index in [1.807, 2.05) is 4.72 Å². The van der Waals surface area contributed by atoms with Crippen molar-refractivity contribution in [2.75, 3.05) is 7.11 Å². The van der Waals surface area contributed by atoms with Crippen molar-refractivity contribution < 1.29 is 27.9 Å². The summed E-state index contributed by atoms with van der Waals surface area (Å²) in [6, 6.07) is 2.79. The number of esters is 1. The van der Waals surface area contributed by atoms with Gasteiger partial charge in [0.1, 0.15) is 6.04 Å². The molecule has 0 aliphatic heterocycles. The first-order valence-corrected chi connectivity index (χ1v) is 7.11. The monoisotopic (exact) mass is 301 g/mol. The molecule has 0 fully saturated rings. The average molecular weight is 301 g/mol. The predicted molar refractivity (Wildman–Crippen MR) is 69.9 cm³/mol. The maximum atomic E-state index is 12.1. The highest BCUT2D eigenvalue weighted by atomic mass is 32.2. The van der Waals surface area contributed by atoms with Gasteiger partial charge in [-0.15, -0.1) is 0 Å². The molecule has 110 valence electrons. The molecule has 0 amide bonds. The van der Waals surface area contributed by atoms with Crippen molar-refractivity contribution in [3.8, 4) is 0 Å². The lowest BCUT2D eigenvalue weighted by atomic mass is 10.1. The van der Waals surface area contributed by atoms with Crippen molar-refractivity contribution in [3.05, 3.63) is 29.3 Å². The van der Waals surface area contributed by atoms with Gasteiger partial charge in [0.05, 0.1) is 17.6 Å². The number of sulfonamides is 1. The number of hydrogen-bond donors (Lipinski definition) is 2. The van der Waals surface area contributed by atoms with Gasteiger partial charge in [-0.05, 0) is 26.0 Å². The van der Waals surface area contributed by atoms with Crippen LogP contribution >= 0.6 is 0 Å². The van der Waals surface area contributed by atoms with E-state index in [1.165, 1.54) is 25.1 Å². The Hall–Kier alpha value is -1.93. The number of carboxylic acids is 1. The lowest BCUT2D eigenvalue weighted by Crippen LogP contribution is -2.38. The predicted octanol–water partition coefficient (Wildman–Crippen LogP) is 0.533. The molecule has 1 aromatic rings. The molecule has 0 unspecified atom stereocenters. The van der Waals surface area contributed by atoms with E-state index in [1.54, 1.807) is 6.92 Å². The van der Waals surface area contributed by atoms with Crippen LogP contribution in [0.15, 0.2) is 23.1 Å². The third-order valence-corrected chi connectivity index (χ3v) is 4.13. The Kier molecular flexibility index (Phi) is 4.85. The van der Waals surface area contributed by atoms with Crippen LogP contribution in [0.4, 0.5) is 0 Å². The number of benzene rings is 1. The molecule has 0 aliphatic rings. The number of carbonyl (C=O) groups excluding carboxylic acids is 1. The van der Waals surface area contributed by atoms with Crippen molar-refractivity contribution in [1.29, 1.82) is 0 Å². The van der Waals surface area contributed by atoms with E-state index in [0.29, 0.717) is 5.56 Å². The summed E-state index contributed by atoms with van der Waals surface area (Å²) in [5, 5.41) is 8.74. The van der Waals surface area contributed by atoms with Gasteiger partial charge >= 0.3 is 11.9 Å². The van der Waals surface area contributed by atoms with Crippen LogP contribution in [0.5, 0.6) is 0 Å². The van der Waals surface area contributed by atoms with Gasteiger partial charge < -0.3 is 9.84 Å². The molecule has 0 saturated carbocycles. The molecule has 7 nitrogen and oxygen atoms in total. The van der Waals surface area contributed by atoms with Crippen molar-refractivity contribution in [2.45, 2.75) is 24.8 Å². The van der Waals surface area contributed by atoms with Crippen LogP contribution < -0.4 is 4.72 Å². The van der Waals surface area contributed by atoms with Crippen LogP contribution in [0.1, 0.15) is 22.8 Å². The van der Waals surface area contributed by atoms with E-state index in [0.717, 1.165) is 7.11 Å². The Balaban J connectivity index is 3.31. The van der Waals surface area contributed by atoms with E-state index in [9.17, 15) is 18.0 Å². The molecule has 8 heteroatoms. The molecule has 20 heavy (non-hydrogen) atoms. The number of hydrogen-bond acceptors (Lipinski definition) is 5. The van der Waals surface area contributed by atoms with Crippen LogP contribution in [-0.2, 0) is 19.6 Å². The third kappa shape index (κ3) is 3.55. The number of rotatable bonds is 5. The Morgan fingerprint density at radius 2 is 1.95 bits per heavy atom. The van der Waals surface area contributed by atoms with Gasteiger partial charge in [-0.25, -0.2) is 13.2 Å². The Morgan fingerprint density at radius 3 is 2.45 bits per heavy atom. The first-order chi connectivity index (χ1) is 9.19. The molecule has 0 spiro atoms. The maximum absolute atomic E-state index is 12.1. The van der Waals surface area contributed by atoms with Gasteiger partial charge in [0, 0.05) is 0 Å². The summed E-state index contributed by atoms with van der Waals surface area (Å²) in [5.41, 5.74) is 0.535. The first-order valence-electron chi connectivity index (χ1n) is 5.63. The van der Waals surface area contributed by atoms with Crippen LogP contribution in [0.3, 0.4) is 0 Å². The summed E-state index contributed by atoms with van der Waals surface area (Å²) in [6.45, 7) is 2.88. The highest BCUT2D eigenvalue weighted by Crippen LogP contribution is 2.18. The van der Waals surface area contributed by atoms with Gasteiger partial charge in [-0.2, -0.15) is 4.72 Å². The third-order valence-electron chi connectivity index (χ3n) is 2.53. The van der Waals surface area contributed by atoms with E-state index in [-0.39, 0.29) is 10.5 Å². The number of nitrogens with one attached hydrogen (secondary N) is 1. The molecule has 0 saturated heterocycles. The largest absolute Gasteiger partial charge is 0.480 e. The zero-order valence-corrected chi connectivity index (χ0v) is 12.0. The molecule has 1 aromatic carbocycles. The molecule has 1 rings (SSSR count). The molecule has 1 atom stereocenters. The van der Waals surface area contributed by atoms with Crippen molar-refractivity contribution in [1.82, 2.24) is 4.72 Å². The van der Waals surface area contributed by atoms with Crippen molar-refractivity contribution in [3.63, 3.8) is 0 Å². The smallest absolute Gasteiger partial charge is 0.339 e. The van der Waals surface area contributed by atoms with Gasteiger partial charge in [0.15, 0.2) is 0 Å². The number of ether oxygens (including phenoxy) is 1. The second-order valence-corrected chi connectivity index (χ2v) is 5.85. The molecular weight excluding hydrogens is 286 g/mol. The Labute approximate surface area is 116 Å². The summed E-state index contributed by atoms with van der Waals surface area (Å²) >= 11 is 0. The fourth-order valence-corrected chi connectivity index (χ4v) is 2.87. The minimum absolute atomic E-state index is 0.141. The van der Waals surface area contributed by atoms with E-state index < -0.39 is 28.0 Å². The average Bonchev–Trinajstić information content (AvgIpc) is 2.36. The standard InChI is InChI=1S/C12H15NO6S/c1-7-4-5-10(9(6-7)12(16)19-3)20(17,18)13-8(2)11(14)15/h4-6,8,13H,1-3H3,(H,14,15)/t8-/m1/s1. The molecular formula is C12H15NO6S. The van der Waals surface area contributed by atoms with Crippen LogP contribution in [-0.4, -0.2) is 38.6 Å². The molecule has 0 heterocycles. The first kappa shape index (κ1) is 16.1. The highest BCUT2D eigenvalue weighted by Gasteiger charge is 2.26. The molecule has 0 radical (unpaired) electrons. The van der Waals surface area contributed by atoms with Crippen LogP contribution in [0.25, 0.3) is 0 Å². The number of aryl methyl sites for hydroxylation is 1. The van der Waals surface area contributed by atoms with Crippen molar-refractivity contribution >= 4 is 22.0 Å². The number of methoxy groups -OCH3 is 1. The fourth-order valence-electron chi connectivity index (χ4n) is 1.49. The van der Waals surface area contributed by atoms with Gasteiger partial charge in [0.2, 0.25) is 10.0 Å². The van der Waals surface area contributed by atoms with E-state index >= 15 is 0 Å². The van der Waals surface area contributed by atoms with Crippen molar-refractivity contribution in [2.24, 2.45) is 0 Å². The summed E-state index contributed by atoms with van der Waals surface area (Å²) in [5.74, 6) is -2.13. The lowest BCUT2D eigenvalue weighted by Gasteiger charge is -2.13. The second kappa shape index (κ2) is 6.02. The summed E-state index contributed by atoms with van der Waals surface area (Å²) in [7, 11) is -3.01. The molecule has 2 N–H and O–H groups in total. The van der Waals surface area contributed by atoms with Crippen LogP contribution in [0.2, 0.25) is 0 Å². The topological polar surface area (TPSA) is 110 Å². The molecule has 0 aliphatic carbocycles. The minimum atomic E-state index is -4.14. The van der Waals surface area contributed by atoms with Gasteiger partial charge in [0.25, 0.3) is 0 Å². The quantitative estimate of drug-likeness (QED) is 0.768. The normalized spacial score (nSPS) is 12.8. The van der Waals surface area contributed by atoms with Gasteiger partial charge in [-0.3, -0.25) is 4.79 Å². The maximum Gasteiger partial charge on any atom is 0.339 e. The zero-order chi connectivity index (χ0) is 15.5. The summed E-state index contributed by atoms with van der Waals surface area (Å²) in [6.07, 6.45) is 0. The summed E-state index contributed by atoms with van der Waals surface area (Å²) < 4.78 is 30.7. The zero-order valence-electron chi connectivity index (χ0n) is 11.2. The number of carboxylic acid groups (broad SMARTS) is 1. The molecule has 0 bridgehead atoms. The van der Waals surface area contributed by atoms with E-state index in [4.69, 9.17) is 5.11 Å². The number of aliphatic carboxylic acids is 1. The van der Waals surface area contributed by atoms with E-state index in [2.05, 4.69) is 4.74 Å². The summed E-state index contributed by atoms with van der Waals surface area (Å²) in [4.78, 5) is 22.0. The highest BCUT2D eigenvalue weighted by molar-refractivity contribution is 7.89. The second-order valence-electron chi connectivity index (χ2n) is 4.17. The van der Waals surface area contributed by atoms with Gasteiger partial charge in [-0.1, -0.05) is 11.6 Å².